The van der Waals surface area contributed by atoms with Crippen molar-refractivity contribution in [3.8, 4) is 0 Å². The third-order valence-electron chi connectivity index (χ3n) is 5.00. The van der Waals surface area contributed by atoms with E-state index in [1.807, 2.05) is 25.0 Å². The second-order valence-corrected chi connectivity index (χ2v) is 7.48. The molecule has 1 amide bonds. The van der Waals surface area contributed by atoms with Gasteiger partial charge in [-0.15, -0.1) is 0 Å². The summed E-state index contributed by atoms with van der Waals surface area (Å²) in [6, 6.07) is 6.52. The number of nitrogens with zero attached hydrogens (tertiary/aromatic N) is 4. The van der Waals surface area contributed by atoms with Gasteiger partial charge in [0.1, 0.15) is 5.82 Å². The maximum Gasteiger partial charge on any atom is 0.223 e. The molecule has 144 valence electrons. The smallest absolute Gasteiger partial charge is 0.223 e. The summed E-state index contributed by atoms with van der Waals surface area (Å²) >= 11 is 1.53. The van der Waals surface area contributed by atoms with Crippen LogP contribution in [-0.2, 0) is 11.2 Å². The zero-order chi connectivity index (χ0) is 19.4. The Morgan fingerprint density at radius 2 is 1.67 bits per heavy atom. The summed E-state index contributed by atoms with van der Waals surface area (Å²) in [6.45, 7) is 6.87. The van der Waals surface area contributed by atoms with E-state index in [1.165, 1.54) is 23.9 Å². The summed E-state index contributed by atoms with van der Waals surface area (Å²) < 4.78 is 13.1. The molecule has 2 aromatic rings. The first-order chi connectivity index (χ1) is 13.0. The minimum atomic E-state index is -0.229. The third kappa shape index (κ3) is 4.77. The summed E-state index contributed by atoms with van der Waals surface area (Å²) in [5.74, 6) is -0.0609. The highest BCUT2D eigenvalue weighted by atomic mass is 32.2. The number of anilines is 1. The minimum absolute atomic E-state index is 0.168. The molecule has 0 atom stereocenters. The number of hydrogen-bond donors (Lipinski definition) is 0. The molecule has 1 aromatic carbocycles. The van der Waals surface area contributed by atoms with Gasteiger partial charge in [-0.05, 0) is 56.4 Å². The lowest BCUT2D eigenvalue weighted by Gasteiger charge is -2.36. The van der Waals surface area contributed by atoms with Crippen molar-refractivity contribution in [2.75, 3.05) is 37.3 Å². The van der Waals surface area contributed by atoms with Gasteiger partial charge >= 0.3 is 0 Å². The number of thioether (sulfide) groups is 1. The molecule has 1 aromatic heterocycles. The zero-order valence-corrected chi connectivity index (χ0v) is 16.9. The Morgan fingerprint density at radius 3 is 2.22 bits per heavy atom. The molecule has 1 saturated heterocycles. The van der Waals surface area contributed by atoms with Crippen LogP contribution in [0.4, 0.5) is 10.1 Å². The molecule has 0 aliphatic carbocycles. The Hall–Kier alpha value is -2.15. The number of amides is 1. The van der Waals surface area contributed by atoms with Crippen LogP contribution in [0.1, 0.15) is 23.4 Å². The van der Waals surface area contributed by atoms with Gasteiger partial charge in [-0.25, -0.2) is 14.4 Å². The molecule has 0 spiro atoms. The largest absolute Gasteiger partial charge is 0.368 e. The first-order valence-corrected chi connectivity index (χ1v) is 10.4. The van der Waals surface area contributed by atoms with E-state index in [0.717, 1.165) is 40.9 Å². The molecule has 0 bridgehead atoms. The van der Waals surface area contributed by atoms with E-state index in [0.29, 0.717) is 25.9 Å². The van der Waals surface area contributed by atoms with Crippen molar-refractivity contribution in [1.82, 2.24) is 14.9 Å². The Balaban J connectivity index is 1.53. The summed E-state index contributed by atoms with van der Waals surface area (Å²) in [5, 5.41) is 0.775. The van der Waals surface area contributed by atoms with E-state index in [-0.39, 0.29) is 11.7 Å². The highest BCUT2D eigenvalue weighted by Gasteiger charge is 2.21. The van der Waals surface area contributed by atoms with Crippen LogP contribution in [0.25, 0.3) is 0 Å². The maximum absolute atomic E-state index is 13.1. The monoisotopic (exact) mass is 388 g/mol. The number of rotatable bonds is 5. The van der Waals surface area contributed by atoms with Crippen LogP contribution in [-0.4, -0.2) is 53.2 Å². The highest BCUT2D eigenvalue weighted by molar-refractivity contribution is 7.98. The molecular formula is C20H25FN4OS. The molecular weight excluding hydrogens is 363 g/mol. The van der Waals surface area contributed by atoms with Crippen molar-refractivity contribution in [2.24, 2.45) is 0 Å². The van der Waals surface area contributed by atoms with Crippen LogP contribution in [0.3, 0.4) is 0 Å². The Morgan fingerprint density at radius 1 is 1.07 bits per heavy atom. The molecule has 27 heavy (non-hydrogen) atoms. The number of aromatic nitrogens is 2. The molecule has 3 rings (SSSR count). The number of halogens is 1. The fourth-order valence-electron chi connectivity index (χ4n) is 3.42. The average molecular weight is 389 g/mol. The first-order valence-electron chi connectivity index (χ1n) is 9.14. The molecule has 0 saturated carbocycles. The fraction of sp³-hybridized carbons (Fsp3) is 0.450. The minimum Gasteiger partial charge on any atom is -0.368 e. The topological polar surface area (TPSA) is 49.3 Å². The summed E-state index contributed by atoms with van der Waals surface area (Å²) in [7, 11) is 0. The molecule has 0 N–H and O–H groups in total. The molecule has 1 aliphatic rings. The predicted molar refractivity (Wildman–Crippen MR) is 107 cm³/mol. The van der Waals surface area contributed by atoms with Crippen molar-refractivity contribution in [3.63, 3.8) is 0 Å². The number of piperazine rings is 1. The van der Waals surface area contributed by atoms with E-state index in [9.17, 15) is 9.18 Å². The molecule has 1 aliphatic heterocycles. The lowest BCUT2D eigenvalue weighted by molar-refractivity contribution is -0.131. The van der Waals surface area contributed by atoms with Gasteiger partial charge in [-0.2, -0.15) is 0 Å². The van der Waals surface area contributed by atoms with E-state index in [2.05, 4.69) is 14.9 Å². The molecule has 0 unspecified atom stereocenters. The predicted octanol–water partition coefficient (Wildman–Crippen LogP) is 3.24. The van der Waals surface area contributed by atoms with Crippen molar-refractivity contribution in [3.05, 3.63) is 47.0 Å². The van der Waals surface area contributed by atoms with E-state index >= 15 is 0 Å². The van der Waals surface area contributed by atoms with E-state index < -0.39 is 0 Å². The molecule has 1 fully saturated rings. The quantitative estimate of drug-likeness (QED) is 0.581. The number of carbonyl (C=O) groups excluding carboxylic acids is 1. The first kappa shape index (κ1) is 19.6. The van der Waals surface area contributed by atoms with Crippen molar-refractivity contribution < 1.29 is 9.18 Å². The molecule has 2 heterocycles. The standard InChI is InChI=1S/C20H25FN4OS/c1-14-18(15(2)23-20(22-14)27-3)8-9-19(26)25-12-10-24(11-13-25)17-6-4-16(21)5-7-17/h4-7H,8-13H2,1-3H3. The van der Waals surface area contributed by atoms with Crippen LogP contribution in [0, 0.1) is 19.7 Å². The second kappa shape index (κ2) is 8.69. The molecule has 0 radical (unpaired) electrons. The lowest BCUT2D eigenvalue weighted by atomic mass is 10.1. The fourth-order valence-corrected chi connectivity index (χ4v) is 3.87. The molecule has 5 nitrogen and oxygen atoms in total. The van der Waals surface area contributed by atoms with Gasteiger partial charge in [0.2, 0.25) is 5.91 Å². The number of benzene rings is 1. The molecule has 7 heteroatoms. The van der Waals surface area contributed by atoms with Crippen LogP contribution >= 0.6 is 11.8 Å². The van der Waals surface area contributed by atoms with Gasteiger partial charge in [0, 0.05) is 49.7 Å². The normalized spacial score (nSPS) is 14.5. The summed E-state index contributed by atoms with van der Waals surface area (Å²) in [5.41, 5.74) is 3.99. The lowest BCUT2D eigenvalue weighted by Crippen LogP contribution is -2.48. The average Bonchev–Trinajstić information content (AvgIpc) is 2.67. The van der Waals surface area contributed by atoms with Crippen molar-refractivity contribution in [2.45, 2.75) is 31.8 Å². The van der Waals surface area contributed by atoms with Crippen molar-refractivity contribution >= 4 is 23.4 Å². The Bertz CT molecular complexity index is 781. The van der Waals surface area contributed by atoms with Gasteiger partial charge in [-0.1, -0.05) is 11.8 Å². The van der Waals surface area contributed by atoms with E-state index in [1.54, 1.807) is 12.1 Å². The van der Waals surface area contributed by atoms with Gasteiger partial charge in [0.05, 0.1) is 0 Å². The van der Waals surface area contributed by atoms with Gasteiger partial charge < -0.3 is 9.80 Å². The Labute approximate surface area is 164 Å². The van der Waals surface area contributed by atoms with Crippen LogP contribution in [0.15, 0.2) is 29.4 Å². The van der Waals surface area contributed by atoms with Gasteiger partial charge in [0.15, 0.2) is 5.16 Å². The maximum atomic E-state index is 13.1. The second-order valence-electron chi connectivity index (χ2n) is 6.70. The number of carbonyl (C=O) groups is 1. The van der Waals surface area contributed by atoms with Crippen LogP contribution in [0.5, 0.6) is 0 Å². The van der Waals surface area contributed by atoms with Gasteiger partial charge in [0.25, 0.3) is 0 Å². The third-order valence-corrected chi connectivity index (χ3v) is 5.54. The summed E-state index contributed by atoms with van der Waals surface area (Å²) in [4.78, 5) is 25.7. The van der Waals surface area contributed by atoms with Crippen LogP contribution in [0.2, 0.25) is 0 Å². The highest BCUT2D eigenvalue weighted by Crippen LogP contribution is 2.19. The summed E-state index contributed by atoms with van der Waals surface area (Å²) in [6.07, 6.45) is 3.10. The van der Waals surface area contributed by atoms with Crippen molar-refractivity contribution in [1.29, 1.82) is 0 Å². The van der Waals surface area contributed by atoms with Gasteiger partial charge in [-0.3, -0.25) is 4.79 Å². The SMILES string of the molecule is CSc1nc(C)c(CCC(=O)N2CCN(c3ccc(F)cc3)CC2)c(C)n1. The number of aryl methyl sites for hydroxylation is 2. The Kier molecular flexibility index (Phi) is 6.31. The number of hydrogen-bond acceptors (Lipinski definition) is 5. The van der Waals surface area contributed by atoms with Crippen LogP contribution < -0.4 is 4.90 Å². The zero-order valence-electron chi connectivity index (χ0n) is 16.0. The van der Waals surface area contributed by atoms with E-state index in [4.69, 9.17) is 0 Å².